The second-order valence-electron chi connectivity index (χ2n) is 11.3. The van der Waals surface area contributed by atoms with Gasteiger partial charge in [-0.15, -0.1) is 0 Å². The van der Waals surface area contributed by atoms with E-state index < -0.39 is 0 Å². The van der Waals surface area contributed by atoms with Crippen molar-refractivity contribution in [2.45, 2.75) is 66.1 Å². The Labute approximate surface area is 231 Å². The number of nitrogens with zero attached hydrogens (tertiary/aromatic N) is 4. The van der Waals surface area contributed by atoms with Crippen molar-refractivity contribution in [2.24, 2.45) is 11.8 Å². The average Bonchev–Trinajstić information content (AvgIpc) is 3.33. The van der Waals surface area contributed by atoms with Crippen molar-refractivity contribution in [2.75, 3.05) is 22.9 Å². The van der Waals surface area contributed by atoms with E-state index >= 15 is 0 Å². The standard InChI is InChI=1S/C30H38ClN5S/c1-18(2)35-21(5)14-24(22(35)6)29-28(26-9-7-8-12-32-26)33-30(37)36(29)23-10-11-27(25(31)15-23)34-16-19(3)13-20(4)17-34/h7-12,14-15,18-20,28-29H,13,16-17H2,1-6H3,(H,33,37)/t19-,20-,28+,29-/m1/s1. The molecule has 2 aromatic heterocycles. The number of benzene rings is 1. The summed E-state index contributed by atoms with van der Waals surface area (Å²) < 4.78 is 2.40. The van der Waals surface area contributed by atoms with E-state index in [1.165, 1.54) is 23.4 Å². The van der Waals surface area contributed by atoms with E-state index in [0.717, 1.165) is 35.2 Å². The molecule has 2 aliphatic heterocycles. The number of halogens is 1. The van der Waals surface area contributed by atoms with E-state index in [1.807, 2.05) is 18.3 Å². The zero-order chi connectivity index (χ0) is 26.4. The van der Waals surface area contributed by atoms with Crippen molar-refractivity contribution < 1.29 is 0 Å². The van der Waals surface area contributed by atoms with E-state index in [0.29, 0.717) is 23.0 Å². The predicted molar refractivity (Wildman–Crippen MR) is 159 cm³/mol. The molecular weight excluding hydrogens is 498 g/mol. The first kappa shape index (κ1) is 26.1. The lowest BCUT2D eigenvalue weighted by Crippen LogP contribution is -2.38. The topological polar surface area (TPSA) is 36.3 Å². The van der Waals surface area contributed by atoms with Crippen molar-refractivity contribution in [1.82, 2.24) is 14.9 Å². The van der Waals surface area contributed by atoms with Crippen LogP contribution in [0.3, 0.4) is 0 Å². The molecule has 5 rings (SSSR count). The van der Waals surface area contributed by atoms with Crippen molar-refractivity contribution in [3.63, 3.8) is 0 Å². The highest BCUT2D eigenvalue weighted by atomic mass is 35.5. The van der Waals surface area contributed by atoms with E-state index in [1.54, 1.807) is 0 Å². The number of rotatable bonds is 5. The normalized spacial score (nSPS) is 24.2. The number of hydrogen-bond acceptors (Lipinski definition) is 3. The highest BCUT2D eigenvalue weighted by Crippen LogP contribution is 2.45. The number of thiocarbonyl (C=S) groups is 1. The number of aromatic nitrogens is 2. The highest BCUT2D eigenvalue weighted by molar-refractivity contribution is 7.80. The van der Waals surface area contributed by atoms with Crippen LogP contribution < -0.4 is 15.1 Å². The molecule has 37 heavy (non-hydrogen) atoms. The van der Waals surface area contributed by atoms with Crippen LogP contribution in [0.1, 0.15) is 74.9 Å². The van der Waals surface area contributed by atoms with Crippen LogP contribution in [0.25, 0.3) is 0 Å². The molecule has 1 N–H and O–H groups in total. The van der Waals surface area contributed by atoms with Crippen LogP contribution in [0.4, 0.5) is 11.4 Å². The van der Waals surface area contributed by atoms with Crippen LogP contribution in [-0.2, 0) is 0 Å². The fourth-order valence-electron chi connectivity index (χ4n) is 6.61. The average molecular weight is 536 g/mol. The molecule has 1 aromatic carbocycles. The van der Waals surface area contributed by atoms with Gasteiger partial charge in [-0.25, -0.2) is 0 Å². The Morgan fingerprint density at radius 2 is 1.78 bits per heavy atom. The fourth-order valence-corrected chi connectivity index (χ4v) is 7.25. The van der Waals surface area contributed by atoms with Gasteiger partial charge in [0.15, 0.2) is 5.11 Å². The number of hydrogen-bond donors (Lipinski definition) is 1. The Morgan fingerprint density at radius 3 is 2.38 bits per heavy atom. The van der Waals surface area contributed by atoms with Gasteiger partial charge in [0.25, 0.3) is 0 Å². The summed E-state index contributed by atoms with van der Waals surface area (Å²) in [4.78, 5) is 9.39. The third-order valence-electron chi connectivity index (χ3n) is 7.88. The zero-order valence-corrected chi connectivity index (χ0v) is 24.3. The summed E-state index contributed by atoms with van der Waals surface area (Å²) in [5, 5.41) is 5.06. The molecule has 3 aromatic rings. The molecule has 0 aliphatic carbocycles. The van der Waals surface area contributed by atoms with Crippen molar-refractivity contribution in [3.05, 3.63) is 76.3 Å². The minimum absolute atomic E-state index is 0.0435. The van der Waals surface area contributed by atoms with Crippen LogP contribution >= 0.6 is 23.8 Å². The molecule has 2 aliphatic rings. The molecule has 0 unspecified atom stereocenters. The predicted octanol–water partition coefficient (Wildman–Crippen LogP) is 7.39. The lowest BCUT2D eigenvalue weighted by Gasteiger charge is -2.37. The lowest BCUT2D eigenvalue weighted by atomic mass is 9.91. The molecule has 0 spiro atoms. The summed E-state index contributed by atoms with van der Waals surface area (Å²) in [5.74, 6) is 1.32. The van der Waals surface area contributed by atoms with Gasteiger partial charge >= 0.3 is 0 Å². The van der Waals surface area contributed by atoms with Crippen LogP contribution in [0.15, 0.2) is 48.7 Å². The van der Waals surface area contributed by atoms with Gasteiger partial charge in [0.1, 0.15) is 0 Å². The quantitative estimate of drug-likeness (QED) is 0.344. The first-order valence-corrected chi connectivity index (χ1v) is 14.2. The van der Waals surface area contributed by atoms with Crippen LogP contribution in [0, 0.1) is 25.7 Å². The molecular formula is C30H38ClN5S. The molecule has 2 saturated heterocycles. The molecule has 0 amide bonds. The monoisotopic (exact) mass is 535 g/mol. The van der Waals surface area contributed by atoms with Crippen molar-refractivity contribution in [1.29, 1.82) is 0 Å². The second-order valence-corrected chi connectivity index (χ2v) is 12.1. The fraction of sp³-hybridized carbons (Fsp3) is 0.467. The first-order chi connectivity index (χ1) is 17.7. The molecule has 4 atom stereocenters. The maximum absolute atomic E-state index is 6.99. The van der Waals surface area contributed by atoms with Gasteiger partial charge in [-0.3, -0.25) is 4.98 Å². The number of piperidine rings is 1. The lowest BCUT2D eigenvalue weighted by molar-refractivity contribution is 0.357. The smallest absolute Gasteiger partial charge is 0.174 e. The third kappa shape index (κ3) is 4.86. The Hall–Kier alpha value is -2.57. The van der Waals surface area contributed by atoms with Gasteiger partial charge in [-0.1, -0.05) is 31.5 Å². The van der Waals surface area contributed by atoms with E-state index in [9.17, 15) is 0 Å². The van der Waals surface area contributed by atoms with Crippen LogP contribution in [0.2, 0.25) is 5.02 Å². The second kappa shape index (κ2) is 10.3. The molecule has 0 bridgehead atoms. The van der Waals surface area contributed by atoms with Gasteiger partial charge in [0.2, 0.25) is 0 Å². The number of anilines is 2. The molecule has 4 heterocycles. The summed E-state index contributed by atoms with van der Waals surface area (Å²) in [5.41, 5.74) is 6.86. The molecule has 7 heteroatoms. The Balaban J connectivity index is 1.58. The number of nitrogens with one attached hydrogen (secondary N) is 1. The Bertz CT molecular complexity index is 1280. The minimum atomic E-state index is -0.0722. The summed E-state index contributed by atoms with van der Waals surface area (Å²) in [6.45, 7) is 15.6. The van der Waals surface area contributed by atoms with Gasteiger partial charge < -0.3 is 19.7 Å². The van der Waals surface area contributed by atoms with Gasteiger partial charge in [-0.2, -0.15) is 0 Å². The molecule has 5 nitrogen and oxygen atoms in total. The molecule has 196 valence electrons. The summed E-state index contributed by atoms with van der Waals surface area (Å²) in [7, 11) is 0. The molecule has 2 fully saturated rings. The van der Waals surface area contributed by atoms with Gasteiger partial charge in [-0.05, 0) is 100 Å². The largest absolute Gasteiger partial charge is 0.370 e. The van der Waals surface area contributed by atoms with Crippen molar-refractivity contribution in [3.8, 4) is 0 Å². The maximum atomic E-state index is 6.99. The van der Waals surface area contributed by atoms with E-state index in [4.69, 9.17) is 28.8 Å². The molecule has 0 saturated carbocycles. The summed E-state index contributed by atoms with van der Waals surface area (Å²) in [6, 6.07) is 15.1. The third-order valence-corrected chi connectivity index (χ3v) is 8.49. The Kier molecular flexibility index (Phi) is 7.25. The minimum Gasteiger partial charge on any atom is -0.370 e. The number of pyridine rings is 1. The van der Waals surface area contributed by atoms with Crippen LogP contribution in [0.5, 0.6) is 0 Å². The maximum Gasteiger partial charge on any atom is 0.174 e. The van der Waals surface area contributed by atoms with Gasteiger partial charge in [0.05, 0.1) is 28.5 Å². The number of aryl methyl sites for hydroxylation is 1. The van der Waals surface area contributed by atoms with E-state index in [-0.39, 0.29) is 12.1 Å². The first-order valence-electron chi connectivity index (χ1n) is 13.4. The van der Waals surface area contributed by atoms with Crippen LogP contribution in [-0.4, -0.2) is 27.8 Å². The zero-order valence-electron chi connectivity index (χ0n) is 22.7. The summed E-state index contributed by atoms with van der Waals surface area (Å²) in [6.07, 6.45) is 3.12. The molecule has 0 radical (unpaired) electrons. The van der Waals surface area contributed by atoms with Crippen molar-refractivity contribution >= 4 is 40.3 Å². The van der Waals surface area contributed by atoms with E-state index in [2.05, 4.69) is 91.6 Å². The highest BCUT2D eigenvalue weighted by Gasteiger charge is 2.42. The SMILES string of the molecule is Cc1cc([C@@H]2[C@H](c3ccccn3)NC(=S)N2c2ccc(N3C[C@H](C)C[C@@H](C)C3)c(Cl)c2)c(C)n1C(C)C. The van der Waals surface area contributed by atoms with Gasteiger partial charge in [0, 0.05) is 42.4 Å². The Morgan fingerprint density at radius 1 is 1.05 bits per heavy atom. The summed E-state index contributed by atoms with van der Waals surface area (Å²) >= 11 is 13.0.